The van der Waals surface area contributed by atoms with Crippen molar-refractivity contribution in [3.63, 3.8) is 0 Å². The Kier molecular flexibility index (Phi) is 7.14. The van der Waals surface area contributed by atoms with Crippen LogP contribution < -0.4 is 0 Å². The van der Waals surface area contributed by atoms with E-state index in [1.807, 2.05) is 32.2 Å². The van der Waals surface area contributed by atoms with Crippen molar-refractivity contribution in [2.24, 2.45) is 5.92 Å². The Balaban J connectivity index is 1.97. The van der Waals surface area contributed by atoms with Crippen LogP contribution in [-0.2, 0) is 6.61 Å². The highest BCUT2D eigenvalue weighted by molar-refractivity contribution is 5.24. The van der Waals surface area contributed by atoms with Crippen LogP contribution in [0.5, 0.6) is 0 Å². The molecule has 0 amide bonds. The van der Waals surface area contributed by atoms with E-state index >= 15 is 0 Å². The molecule has 0 fully saturated rings. The van der Waals surface area contributed by atoms with Gasteiger partial charge in [-0.2, -0.15) is 0 Å². The standard InChI is InChI=1S/C21H29NO3/c1-15(21(25)19-11-9-17(14-23)10-12-19)20(24)13-22(3)16(2)18-7-5-4-6-8-18/h4-12,15-16,20-21,23-25H,13-14H2,1-3H3/t15-,16-,20+,21+/m0/s1. The quantitative estimate of drug-likeness (QED) is 0.690. The molecule has 0 heterocycles. The molecule has 25 heavy (non-hydrogen) atoms. The largest absolute Gasteiger partial charge is 0.392 e. The minimum absolute atomic E-state index is 0.0171. The zero-order valence-corrected chi connectivity index (χ0v) is 15.2. The number of benzene rings is 2. The van der Waals surface area contributed by atoms with Crippen LogP contribution in [0.3, 0.4) is 0 Å². The normalized spacial score (nSPS) is 16.4. The second-order valence-electron chi connectivity index (χ2n) is 6.80. The van der Waals surface area contributed by atoms with Gasteiger partial charge in [-0.05, 0) is 30.7 Å². The first-order valence-electron chi connectivity index (χ1n) is 8.75. The molecule has 2 rings (SSSR count). The molecule has 0 radical (unpaired) electrons. The van der Waals surface area contributed by atoms with E-state index in [0.717, 1.165) is 11.1 Å². The number of rotatable bonds is 8. The van der Waals surface area contributed by atoms with Gasteiger partial charge in [0, 0.05) is 18.5 Å². The van der Waals surface area contributed by atoms with Gasteiger partial charge in [0.15, 0.2) is 0 Å². The highest BCUT2D eigenvalue weighted by Gasteiger charge is 2.26. The summed E-state index contributed by atoms with van der Waals surface area (Å²) in [6, 6.07) is 17.5. The summed E-state index contributed by atoms with van der Waals surface area (Å²) in [7, 11) is 1.98. The van der Waals surface area contributed by atoms with Crippen LogP contribution in [0.15, 0.2) is 54.6 Å². The monoisotopic (exact) mass is 343 g/mol. The van der Waals surface area contributed by atoms with Crippen molar-refractivity contribution in [2.45, 2.75) is 38.7 Å². The topological polar surface area (TPSA) is 63.9 Å². The summed E-state index contributed by atoms with van der Waals surface area (Å²) in [6.45, 7) is 4.42. The van der Waals surface area contributed by atoms with Crippen molar-refractivity contribution in [3.05, 3.63) is 71.3 Å². The van der Waals surface area contributed by atoms with Gasteiger partial charge in [-0.25, -0.2) is 0 Å². The smallest absolute Gasteiger partial charge is 0.0840 e. The van der Waals surface area contributed by atoms with Crippen LogP contribution in [0, 0.1) is 5.92 Å². The fourth-order valence-electron chi connectivity index (χ4n) is 2.94. The summed E-state index contributed by atoms with van der Waals surface area (Å²) in [4.78, 5) is 2.10. The van der Waals surface area contributed by atoms with Gasteiger partial charge in [0.1, 0.15) is 0 Å². The first-order valence-corrected chi connectivity index (χ1v) is 8.75. The number of nitrogens with zero attached hydrogens (tertiary/aromatic N) is 1. The van der Waals surface area contributed by atoms with Gasteiger partial charge in [0.2, 0.25) is 0 Å². The summed E-state index contributed by atoms with van der Waals surface area (Å²) in [5, 5.41) is 30.2. The van der Waals surface area contributed by atoms with Gasteiger partial charge in [-0.15, -0.1) is 0 Å². The highest BCUT2D eigenvalue weighted by Crippen LogP contribution is 2.27. The maximum Gasteiger partial charge on any atom is 0.0840 e. The molecule has 4 nitrogen and oxygen atoms in total. The van der Waals surface area contributed by atoms with E-state index in [0.29, 0.717) is 6.54 Å². The summed E-state index contributed by atoms with van der Waals surface area (Å²) < 4.78 is 0. The van der Waals surface area contributed by atoms with Crippen molar-refractivity contribution in [1.82, 2.24) is 4.90 Å². The Morgan fingerprint density at radius 3 is 2.04 bits per heavy atom. The molecule has 0 aliphatic rings. The lowest BCUT2D eigenvalue weighted by atomic mass is 9.91. The van der Waals surface area contributed by atoms with E-state index in [9.17, 15) is 10.2 Å². The molecule has 0 saturated carbocycles. The summed E-state index contributed by atoms with van der Waals surface area (Å²) in [5.41, 5.74) is 2.76. The lowest BCUT2D eigenvalue weighted by molar-refractivity contribution is 0.000265. The van der Waals surface area contributed by atoms with Gasteiger partial charge >= 0.3 is 0 Å². The Morgan fingerprint density at radius 2 is 1.48 bits per heavy atom. The maximum absolute atomic E-state index is 10.6. The zero-order valence-electron chi connectivity index (χ0n) is 15.2. The molecule has 0 unspecified atom stereocenters. The molecule has 136 valence electrons. The summed E-state index contributed by atoms with van der Waals surface area (Å²) >= 11 is 0. The molecule has 0 aliphatic heterocycles. The number of aliphatic hydroxyl groups excluding tert-OH is 3. The molecule has 2 aromatic carbocycles. The Bertz CT molecular complexity index is 629. The summed E-state index contributed by atoms with van der Waals surface area (Å²) in [5.74, 6) is -0.301. The third-order valence-corrected chi connectivity index (χ3v) is 5.03. The number of hydrogen-bond donors (Lipinski definition) is 3. The molecule has 3 N–H and O–H groups in total. The van der Waals surface area contributed by atoms with E-state index in [1.54, 1.807) is 24.3 Å². The van der Waals surface area contributed by atoms with E-state index in [4.69, 9.17) is 5.11 Å². The first kappa shape index (κ1) is 19.6. The molecule has 0 bridgehead atoms. The van der Waals surface area contributed by atoms with Crippen molar-refractivity contribution in [3.8, 4) is 0 Å². The van der Waals surface area contributed by atoms with Crippen LogP contribution in [0.25, 0.3) is 0 Å². The molecular formula is C21H29NO3. The Morgan fingerprint density at radius 1 is 0.880 bits per heavy atom. The third-order valence-electron chi connectivity index (χ3n) is 5.03. The maximum atomic E-state index is 10.6. The van der Waals surface area contributed by atoms with E-state index in [1.165, 1.54) is 5.56 Å². The van der Waals surface area contributed by atoms with E-state index in [2.05, 4.69) is 24.0 Å². The minimum atomic E-state index is -0.747. The van der Waals surface area contributed by atoms with Crippen LogP contribution >= 0.6 is 0 Å². The average Bonchev–Trinajstić information content (AvgIpc) is 2.66. The van der Waals surface area contributed by atoms with Gasteiger partial charge in [-0.3, -0.25) is 4.90 Å². The molecule has 0 aromatic heterocycles. The van der Waals surface area contributed by atoms with Crippen LogP contribution in [-0.4, -0.2) is 39.9 Å². The highest BCUT2D eigenvalue weighted by atomic mass is 16.3. The zero-order chi connectivity index (χ0) is 18.4. The van der Waals surface area contributed by atoms with Gasteiger partial charge in [0.05, 0.1) is 18.8 Å². The fraction of sp³-hybridized carbons (Fsp3) is 0.429. The molecule has 4 heteroatoms. The lowest BCUT2D eigenvalue weighted by Crippen LogP contribution is -2.37. The van der Waals surface area contributed by atoms with Crippen molar-refractivity contribution in [1.29, 1.82) is 0 Å². The predicted octanol–water partition coefficient (Wildman–Crippen LogP) is 2.90. The van der Waals surface area contributed by atoms with Crippen molar-refractivity contribution in [2.75, 3.05) is 13.6 Å². The van der Waals surface area contributed by atoms with Gasteiger partial charge in [0.25, 0.3) is 0 Å². The molecule has 4 atom stereocenters. The Hall–Kier alpha value is -1.72. The molecular weight excluding hydrogens is 314 g/mol. The number of hydrogen-bond acceptors (Lipinski definition) is 4. The second-order valence-corrected chi connectivity index (χ2v) is 6.80. The molecule has 0 spiro atoms. The second kappa shape index (κ2) is 9.11. The van der Waals surface area contributed by atoms with Crippen LogP contribution in [0.2, 0.25) is 0 Å². The van der Waals surface area contributed by atoms with Crippen LogP contribution in [0.4, 0.5) is 0 Å². The molecule has 0 saturated heterocycles. The number of aliphatic hydroxyl groups is 3. The average molecular weight is 343 g/mol. The first-order chi connectivity index (χ1) is 11.9. The van der Waals surface area contributed by atoms with Crippen LogP contribution in [0.1, 0.15) is 42.7 Å². The fourth-order valence-corrected chi connectivity index (χ4v) is 2.94. The van der Waals surface area contributed by atoms with Gasteiger partial charge < -0.3 is 15.3 Å². The summed E-state index contributed by atoms with van der Waals surface area (Å²) in [6.07, 6.45) is -1.40. The molecule has 0 aliphatic carbocycles. The SMILES string of the molecule is C[C@@H]([C@H](O)CN(C)[C@@H](C)c1ccccc1)[C@@H](O)c1ccc(CO)cc1. The minimum Gasteiger partial charge on any atom is -0.392 e. The predicted molar refractivity (Wildman–Crippen MR) is 100.0 cm³/mol. The van der Waals surface area contributed by atoms with Gasteiger partial charge in [-0.1, -0.05) is 61.5 Å². The Labute approximate surface area is 150 Å². The lowest BCUT2D eigenvalue weighted by Gasteiger charge is -2.31. The number of likely N-dealkylation sites (N-methyl/N-ethyl adjacent to an activating group) is 1. The molecule has 2 aromatic rings. The van der Waals surface area contributed by atoms with Crippen molar-refractivity contribution >= 4 is 0 Å². The third kappa shape index (κ3) is 5.13. The van der Waals surface area contributed by atoms with E-state index in [-0.39, 0.29) is 18.6 Å². The van der Waals surface area contributed by atoms with E-state index < -0.39 is 12.2 Å². The van der Waals surface area contributed by atoms with Crippen molar-refractivity contribution < 1.29 is 15.3 Å².